The molecule has 1 aromatic heterocycles. The fourth-order valence-electron chi connectivity index (χ4n) is 1.33. The van der Waals surface area contributed by atoms with Gasteiger partial charge in [0.05, 0.1) is 0 Å². The summed E-state index contributed by atoms with van der Waals surface area (Å²) < 4.78 is 0. The summed E-state index contributed by atoms with van der Waals surface area (Å²) in [7, 11) is 1.70. The topological polar surface area (TPSA) is 74.2 Å². The molecule has 1 aromatic rings. The number of aliphatic hydroxyl groups is 1. The lowest BCUT2D eigenvalue weighted by atomic mass is 10.2. The highest BCUT2D eigenvalue weighted by atomic mass is 35.5. The maximum absolute atomic E-state index is 11.8. The fraction of sp³-hybridized carbons (Fsp3) is 0.455. The molecule has 0 aliphatic rings. The van der Waals surface area contributed by atoms with E-state index in [2.05, 4.69) is 15.6 Å². The number of anilines is 1. The maximum atomic E-state index is 11.8. The Balaban J connectivity index is 2.78. The third-order valence-corrected chi connectivity index (χ3v) is 2.45. The number of aliphatic hydroxyl groups excluding tert-OH is 1. The molecular weight excluding hydrogens is 242 g/mol. The number of amides is 1. The van der Waals surface area contributed by atoms with E-state index in [9.17, 15) is 4.79 Å². The number of halogens is 1. The molecule has 0 aromatic carbocycles. The Morgan fingerprint density at radius 3 is 2.88 bits per heavy atom. The molecule has 17 heavy (non-hydrogen) atoms. The second kappa shape index (κ2) is 6.42. The Kier molecular flexibility index (Phi) is 5.18. The number of pyridine rings is 1. The smallest absolute Gasteiger partial charge is 0.251 e. The zero-order valence-corrected chi connectivity index (χ0v) is 10.6. The normalized spacial score (nSPS) is 12.0. The zero-order valence-electron chi connectivity index (χ0n) is 9.83. The standard InChI is InChI=1S/C11H16ClN3O2/c1-7(3-4-16)14-11(17)8-5-9(12)15-10(6-8)13-2/h5-7,16H,3-4H2,1-2H3,(H,13,15)(H,14,17)/t7-/m1/s1. The molecule has 0 aliphatic carbocycles. The lowest BCUT2D eigenvalue weighted by molar-refractivity contribution is 0.0934. The second-order valence-electron chi connectivity index (χ2n) is 3.70. The lowest BCUT2D eigenvalue weighted by Gasteiger charge is -2.13. The predicted molar refractivity (Wildman–Crippen MR) is 67.4 cm³/mol. The van der Waals surface area contributed by atoms with Crippen LogP contribution in [0.2, 0.25) is 5.15 Å². The summed E-state index contributed by atoms with van der Waals surface area (Å²) in [5.74, 6) is 0.309. The van der Waals surface area contributed by atoms with Gasteiger partial charge in [-0.3, -0.25) is 4.79 Å². The van der Waals surface area contributed by atoms with Crippen LogP contribution in [0.25, 0.3) is 0 Å². The molecule has 6 heteroatoms. The molecule has 0 aliphatic heterocycles. The molecule has 3 N–H and O–H groups in total. The van der Waals surface area contributed by atoms with Crippen molar-refractivity contribution < 1.29 is 9.90 Å². The number of carbonyl (C=O) groups excluding carboxylic acids is 1. The summed E-state index contributed by atoms with van der Waals surface area (Å²) in [6.07, 6.45) is 0.517. The average Bonchev–Trinajstić information content (AvgIpc) is 2.28. The monoisotopic (exact) mass is 257 g/mol. The summed E-state index contributed by atoms with van der Waals surface area (Å²) in [6.45, 7) is 1.87. The van der Waals surface area contributed by atoms with E-state index >= 15 is 0 Å². The second-order valence-corrected chi connectivity index (χ2v) is 4.09. The number of hydrogen-bond donors (Lipinski definition) is 3. The summed E-state index contributed by atoms with van der Waals surface area (Å²) in [6, 6.07) is 3.04. The van der Waals surface area contributed by atoms with Crippen LogP contribution < -0.4 is 10.6 Å². The van der Waals surface area contributed by atoms with Crippen LogP contribution in [-0.2, 0) is 0 Å². The summed E-state index contributed by atoms with van der Waals surface area (Å²) in [4.78, 5) is 15.8. The van der Waals surface area contributed by atoms with Crippen LogP contribution in [-0.4, -0.2) is 35.7 Å². The Hall–Kier alpha value is -1.33. The highest BCUT2D eigenvalue weighted by molar-refractivity contribution is 6.29. The summed E-state index contributed by atoms with van der Waals surface area (Å²) >= 11 is 5.80. The van der Waals surface area contributed by atoms with Gasteiger partial charge in [-0.05, 0) is 25.5 Å². The van der Waals surface area contributed by atoms with Gasteiger partial charge in [-0.15, -0.1) is 0 Å². The molecule has 1 rings (SSSR count). The van der Waals surface area contributed by atoms with Crippen molar-refractivity contribution in [2.45, 2.75) is 19.4 Å². The largest absolute Gasteiger partial charge is 0.396 e. The molecule has 94 valence electrons. The van der Waals surface area contributed by atoms with Crippen molar-refractivity contribution >= 4 is 23.3 Å². The van der Waals surface area contributed by atoms with Crippen molar-refractivity contribution in [2.75, 3.05) is 19.0 Å². The first-order chi connectivity index (χ1) is 8.06. The van der Waals surface area contributed by atoms with Crippen molar-refractivity contribution in [1.82, 2.24) is 10.3 Å². The summed E-state index contributed by atoms with van der Waals surface area (Å²) in [5, 5.41) is 14.6. The van der Waals surface area contributed by atoms with Crippen molar-refractivity contribution in [1.29, 1.82) is 0 Å². The Labute approximate surface area is 105 Å². The van der Waals surface area contributed by atoms with Gasteiger partial charge in [-0.25, -0.2) is 4.98 Å². The van der Waals surface area contributed by atoms with Gasteiger partial charge in [0, 0.05) is 25.3 Å². The van der Waals surface area contributed by atoms with Crippen molar-refractivity contribution in [3.05, 3.63) is 22.8 Å². The van der Waals surface area contributed by atoms with E-state index in [1.807, 2.05) is 6.92 Å². The van der Waals surface area contributed by atoms with Gasteiger partial charge in [0.15, 0.2) is 0 Å². The van der Waals surface area contributed by atoms with E-state index in [4.69, 9.17) is 16.7 Å². The van der Waals surface area contributed by atoms with Crippen LogP contribution >= 0.6 is 11.6 Å². The molecule has 0 saturated heterocycles. The lowest BCUT2D eigenvalue weighted by Crippen LogP contribution is -2.33. The molecule has 5 nitrogen and oxygen atoms in total. The van der Waals surface area contributed by atoms with Gasteiger partial charge in [0.2, 0.25) is 0 Å². The van der Waals surface area contributed by atoms with E-state index in [-0.39, 0.29) is 23.7 Å². The maximum Gasteiger partial charge on any atom is 0.251 e. The number of nitrogens with one attached hydrogen (secondary N) is 2. The molecular formula is C11H16ClN3O2. The van der Waals surface area contributed by atoms with Gasteiger partial charge >= 0.3 is 0 Å². The van der Waals surface area contributed by atoms with Gasteiger partial charge < -0.3 is 15.7 Å². The van der Waals surface area contributed by atoms with E-state index in [0.717, 1.165) is 0 Å². The number of nitrogens with zero attached hydrogens (tertiary/aromatic N) is 1. The van der Waals surface area contributed by atoms with Gasteiger partial charge in [-0.2, -0.15) is 0 Å². The van der Waals surface area contributed by atoms with Gasteiger partial charge in [-0.1, -0.05) is 11.6 Å². The molecule has 1 atom stereocenters. The van der Waals surface area contributed by atoms with Crippen LogP contribution in [0.15, 0.2) is 12.1 Å². The predicted octanol–water partition coefficient (Wildman–Crippen LogP) is 1.28. The summed E-state index contributed by atoms with van der Waals surface area (Å²) in [5.41, 5.74) is 0.444. The highest BCUT2D eigenvalue weighted by Gasteiger charge is 2.11. The highest BCUT2D eigenvalue weighted by Crippen LogP contribution is 2.14. The van der Waals surface area contributed by atoms with E-state index < -0.39 is 0 Å². The first kappa shape index (κ1) is 13.7. The van der Waals surface area contributed by atoms with E-state index in [1.165, 1.54) is 6.07 Å². The SMILES string of the molecule is CNc1cc(C(=O)N[C@H](C)CCO)cc(Cl)n1. The third-order valence-electron chi connectivity index (χ3n) is 2.25. The first-order valence-electron chi connectivity index (χ1n) is 5.34. The fourth-order valence-corrected chi connectivity index (χ4v) is 1.54. The molecule has 0 bridgehead atoms. The molecule has 0 unspecified atom stereocenters. The number of hydrogen-bond acceptors (Lipinski definition) is 4. The van der Waals surface area contributed by atoms with Crippen molar-refractivity contribution in [3.8, 4) is 0 Å². The van der Waals surface area contributed by atoms with E-state index in [0.29, 0.717) is 17.8 Å². The van der Waals surface area contributed by atoms with Crippen molar-refractivity contribution in [3.63, 3.8) is 0 Å². The van der Waals surface area contributed by atoms with Crippen LogP contribution in [0.4, 0.5) is 5.82 Å². The Morgan fingerprint density at radius 2 is 2.29 bits per heavy atom. The Bertz CT molecular complexity index is 398. The number of aromatic nitrogens is 1. The van der Waals surface area contributed by atoms with Gasteiger partial charge in [0.1, 0.15) is 11.0 Å². The minimum absolute atomic E-state index is 0.0420. The molecule has 1 amide bonds. The van der Waals surface area contributed by atoms with Crippen LogP contribution in [0.3, 0.4) is 0 Å². The first-order valence-corrected chi connectivity index (χ1v) is 5.71. The molecule has 0 radical (unpaired) electrons. The van der Waals surface area contributed by atoms with Crippen LogP contribution in [0.5, 0.6) is 0 Å². The van der Waals surface area contributed by atoms with Crippen molar-refractivity contribution in [2.24, 2.45) is 0 Å². The molecule has 1 heterocycles. The zero-order chi connectivity index (χ0) is 12.8. The van der Waals surface area contributed by atoms with Gasteiger partial charge in [0.25, 0.3) is 5.91 Å². The van der Waals surface area contributed by atoms with Crippen LogP contribution in [0, 0.1) is 0 Å². The molecule has 0 saturated carbocycles. The Morgan fingerprint density at radius 1 is 1.59 bits per heavy atom. The third kappa shape index (κ3) is 4.20. The quantitative estimate of drug-likeness (QED) is 0.695. The number of carbonyl (C=O) groups is 1. The number of rotatable bonds is 5. The average molecular weight is 258 g/mol. The minimum atomic E-state index is -0.230. The van der Waals surface area contributed by atoms with E-state index in [1.54, 1.807) is 13.1 Å². The molecule has 0 spiro atoms. The minimum Gasteiger partial charge on any atom is -0.396 e. The van der Waals surface area contributed by atoms with Crippen LogP contribution in [0.1, 0.15) is 23.7 Å². The molecule has 0 fully saturated rings.